The predicted octanol–water partition coefficient (Wildman–Crippen LogP) is 1.46. The number of imide groups is 1. The van der Waals surface area contributed by atoms with Gasteiger partial charge in [0.2, 0.25) is 0 Å². The summed E-state index contributed by atoms with van der Waals surface area (Å²) in [7, 11) is 0. The van der Waals surface area contributed by atoms with Gasteiger partial charge in [0.1, 0.15) is 22.6 Å². The molecule has 0 saturated carbocycles. The summed E-state index contributed by atoms with van der Waals surface area (Å²) in [6, 6.07) is 8.91. The van der Waals surface area contributed by atoms with E-state index in [0.717, 1.165) is 5.56 Å². The van der Waals surface area contributed by atoms with Gasteiger partial charge in [0, 0.05) is 18.7 Å². The zero-order valence-electron chi connectivity index (χ0n) is 14.2. The maximum absolute atomic E-state index is 13.1. The molecule has 1 spiro atoms. The van der Waals surface area contributed by atoms with Crippen LogP contribution in [-0.2, 0) is 4.79 Å². The fourth-order valence-electron chi connectivity index (χ4n) is 3.55. The number of aryl methyl sites for hydroxylation is 1. The summed E-state index contributed by atoms with van der Waals surface area (Å²) < 4.78 is 5.27. The van der Waals surface area contributed by atoms with Crippen molar-refractivity contribution in [2.45, 2.75) is 25.3 Å². The van der Waals surface area contributed by atoms with E-state index in [1.54, 1.807) is 11.8 Å². The van der Waals surface area contributed by atoms with Gasteiger partial charge in [-0.3, -0.25) is 14.9 Å². The molecule has 0 bridgehead atoms. The number of likely N-dealkylation sites (tertiary alicyclic amines) is 1. The number of nitrogens with zero attached hydrogens (tertiary/aromatic N) is 2. The van der Waals surface area contributed by atoms with Crippen molar-refractivity contribution in [3.8, 4) is 11.3 Å². The minimum atomic E-state index is -0.903. The van der Waals surface area contributed by atoms with Crippen molar-refractivity contribution in [1.29, 1.82) is 0 Å². The molecule has 1 aromatic carbocycles. The van der Waals surface area contributed by atoms with E-state index in [0.29, 0.717) is 42.9 Å². The Hall–Kier alpha value is -3.16. The largest absolute Gasteiger partial charge is 0.360 e. The molecule has 2 fully saturated rings. The monoisotopic (exact) mass is 354 g/mol. The predicted molar refractivity (Wildman–Crippen MR) is 91.2 cm³/mol. The Labute approximate surface area is 149 Å². The van der Waals surface area contributed by atoms with Crippen LogP contribution in [0.5, 0.6) is 0 Å². The molecule has 2 saturated heterocycles. The number of hydrogen-bond donors (Lipinski definition) is 2. The second kappa shape index (κ2) is 5.98. The number of piperidine rings is 1. The van der Waals surface area contributed by atoms with Crippen molar-refractivity contribution in [3.63, 3.8) is 0 Å². The van der Waals surface area contributed by atoms with Crippen molar-refractivity contribution in [2.24, 2.45) is 0 Å². The van der Waals surface area contributed by atoms with Gasteiger partial charge in [0.15, 0.2) is 0 Å². The molecule has 4 rings (SSSR count). The Balaban J connectivity index is 1.56. The normalized spacial score (nSPS) is 18.7. The third kappa shape index (κ3) is 2.54. The van der Waals surface area contributed by atoms with Gasteiger partial charge in [-0.15, -0.1) is 0 Å². The Bertz CT molecular complexity index is 882. The summed E-state index contributed by atoms with van der Waals surface area (Å²) >= 11 is 0. The second-order valence-electron chi connectivity index (χ2n) is 6.61. The maximum Gasteiger partial charge on any atom is 0.322 e. The topological polar surface area (TPSA) is 105 Å². The lowest BCUT2D eigenvalue weighted by atomic mass is 9.87. The standard InChI is InChI=1S/C18H18N4O4/c1-11-13(14(21-26-11)12-5-3-2-4-6-12)15(23)22-9-7-18(8-10-22)16(24)19-17(25)20-18/h2-6H,7-10H2,1H3,(H2,19,20,24,25). The molecule has 2 aliphatic rings. The van der Waals surface area contributed by atoms with Crippen LogP contribution in [0.2, 0.25) is 0 Å². The first-order chi connectivity index (χ1) is 12.5. The van der Waals surface area contributed by atoms with E-state index in [2.05, 4.69) is 15.8 Å². The van der Waals surface area contributed by atoms with E-state index >= 15 is 0 Å². The molecule has 134 valence electrons. The fraction of sp³-hybridized carbons (Fsp3) is 0.333. The van der Waals surface area contributed by atoms with E-state index in [-0.39, 0.29) is 11.8 Å². The molecule has 8 nitrogen and oxygen atoms in total. The number of hydrogen-bond acceptors (Lipinski definition) is 5. The molecule has 0 radical (unpaired) electrons. The van der Waals surface area contributed by atoms with Crippen LogP contribution in [0.15, 0.2) is 34.9 Å². The number of rotatable bonds is 2. The highest BCUT2D eigenvalue weighted by Gasteiger charge is 2.48. The molecule has 4 amide bonds. The highest BCUT2D eigenvalue weighted by molar-refractivity contribution is 6.07. The van der Waals surface area contributed by atoms with Crippen molar-refractivity contribution >= 4 is 17.8 Å². The third-order valence-corrected chi connectivity index (χ3v) is 5.04. The Kier molecular flexibility index (Phi) is 3.75. The SMILES string of the molecule is Cc1onc(-c2ccccc2)c1C(=O)N1CCC2(CC1)NC(=O)NC2=O. The Morgan fingerprint density at radius 3 is 2.50 bits per heavy atom. The minimum absolute atomic E-state index is 0.179. The van der Waals surface area contributed by atoms with Crippen molar-refractivity contribution in [1.82, 2.24) is 20.7 Å². The average molecular weight is 354 g/mol. The van der Waals surface area contributed by atoms with Gasteiger partial charge in [-0.05, 0) is 19.8 Å². The third-order valence-electron chi connectivity index (χ3n) is 5.04. The molecular formula is C18H18N4O4. The number of aromatic nitrogens is 1. The summed E-state index contributed by atoms with van der Waals surface area (Å²) in [5, 5.41) is 9.02. The van der Waals surface area contributed by atoms with E-state index in [4.69, 9.17) is 4.52 Å². The van der Waals surface area contributed by atoms with Crippen LogP contribution >= 0.6 is 0 Å². The molecule has 2 aliphatic heterocycles. The molecule has 8 heteroatoms. The van der Waals surface area contributed by atoms with Gasteiger partial charge in [0.25, 0.3) is 11.8 Å². The van der Waals surface area contributed by atoms with E-state index in [1.165, 1.54) is 0 Å². The van der Waals surface area contributed by atoms with Crippen LogP contribution in [0.25, 0.3) is 11.3 Å². The first-order valence-electron chi connectivity index (χ1n) is 8.45. The summed E-state index contributed by atoms with van der Waals surface area (Å²) in [6.07, 6.45) is 0.753. The van der Waals surface area contributed by atoms with Gasteiger partial charge in [-0.25, -0.2) is 4.79 Å². The molecule has 1 aromatic heterocycles. The smallest absolute Gasteiger partial charge is 0.322 e. The number of nitrogens with one attached hydrogen (secondary N) is 2. The first-order valence-corrected chi connectivity index (χ1v) is 8.45. The zero-order valence-corrected chi connectivity index (χ0v) is 14.2. The van der Waals surface area contributed by atoms with Crippen molar-refractivity contribution in [3.05, 3.63) is 41.7 Å². The lowest BCUT2D eigenvalue weighted by molar-refractivity contribution is -0.125. The Morgan fingerprint density at radius 2 is 1.88 bits per heavy atom. The molecule has 2 aromatic rings. The number of carbonyl (C=O) groups is 3. The quantitative estimate of drug-likeness (QED) is 0.795. The van der Waals surface area contributed by atoms with Crippen molar-refractivity contribution in [2.75, 3.05) is 13.1 Å². The molecule has 2 N–H and O–H groups in total. The van der Waals surface area contributed by atoms with E-state index in [1.807, 2.05) is 30.3 Å². The van der Waals surface area contributed by atoms with E-state index < -0.39 is 11.6 Å². The molecule has 0 atom stereocenters. The summed E-state index contributed by atoms with van der Waals surface area (Å²) in [5.41, 5.74) is 0.857. The van der Waals surface area contributed by atoms with Crippen LogP contribution in [0.4, 0.5) is 4.79 Å². The van der Waals surface area contributed by atoms with E-state index in [9.17, 15) is 14.4 Å². The number of carbonyl (C=O) groups excluding carboxylic acids is 3. The lowest BCUT2D eigenvalue weighted by Crippen LogP contribution is -2.55. The fourth-order valence-corrected chi connectivity index (χ4v) is 3.55. The molecule has 3 heterocycles. The second-order valence-corrected chi connectivity index (χ2v) is 6.61. The van der Waals surface area contributed by atoms with Gasteiger partial charge in [-0.1, -0.05) is 35.5 Å². The minimum Gasteiger partial charge on any atom is -0.360 e. The number of benzene rings is 1. The van der Waals surface area contributed by atoms with Gasteiger partial charge in [-0.2, -0.15) is 0 Å². The number of urea groups is 1. The average Bonchev–Trinajstić information content (AvgIpc) is 3.15. The van der Waals surface area contributed by atoms with Crippen molar-refractivity contribution < 1.29 is 18.9 Å². The first kappa shape index (κ1) is 16.3. The Morgan fingerprint density at radius 1 is 1.19 bits per heavy atom. The van der Waals surface area contributed by atoms with Crippen LogP contribution in [-0.4, -0.2) is 46.5 Å². The van der Waals surface area contributed by atoms with Crippen LogP contribution in [0.3, 0.4) is 0 Å². The molecule has 0 unspecified atom stereocenters. The van der Waals surface area contributed by atoms with Crippen LogP contribution < -0.4 is 10.6 Å². The van der Waals surface area contributed by atoms with Gasteiger partial charge in [0.05, 0.1) is 0 Å². The zero-order chi connectivity index (χ0) is 18.3. The van der Waals surface area contributed by atoms with Crippen LogP contribution in [0, 0.1) is 6.92 Å². The van der Waals surface area contributed by atoms with Crippen LogP contribution in [0.1, 0.15) is 29.0 Å². The maximum atomic E-state index is 13.1. The summed E-state index contributed by atoms with van der Waals surface area (Å²) in [6.45, 7) is 2.44. The summed E-state index contributed by atoms with van der Waals surface area (Å²) in [4.78, 5) is 38.2. The highest BCUT2D eigenvalue weighted by atomic mass is 16.5. The number of amides is 4. The lowest BCUT2D eigenvalue weighted by Gasteiger charge is -2.36. The molecule has 26 heavy (non-hydrogen) atoms. The molecule has 0 aliphatic carbocycles. The van der Waals surface area contributed by atoms with Gasteiger partial charge >= 0.3 is 6.03 Å². The molecular weight excluding hydrogens is 336 g/mol. The van der Waals surface area contributed by atoms with Gasteiger partial charge < -0.3 is 14.7 Å². The summed E-state index contributed by atoms with van der Waals surface area (Å²) in [5.74, 6) is -0.0380. The highest BCUT2D eigenvalue weighted by Crippen LogP contribution is 2.30.